The highest BCUT2D eigenvalue weighted by molar-refractivity contribution is 5.96. The van der Waals surface area contributed by atoms with Gasteiger partial charge in [0.1, 0.15) is 11.3 Å². The number of nitrogens with one attached hydrogen (secondary N) is 1. The summed E-state index contributed by atoms with van der Waals surface area (Å²) < 4.78 is 14.7. The summed E-state index contributed by atoms with van der Waals surface area (Å²) in [6, 6.07) is 6.20. The number of carbonyl (C=O) groups excluding carboxylic acids is 3. The number of ether oxygens (including phenoxy) is 3. The van der Waals surface area contributed by atoms with Crippen LogP contribution in [0.3, 0.4) is 0 Å². The van der Waals surface area contributed by atoms with Crippen LogP contribution < -0.4 is 10.1 Å². The molecule has 1 amide bonds. The van der Waals surface area contributed by atoms with Gasteiger partial charge in [-0.25, -0.2) is 9.59 Å². The van der Waals surface area contributed by atoms with E-state index in [-0.39, 0.29) is 23.5 Å². The van der Waals surface area contributed by atoms with Crippen LogP contribution in [0.15, 0.2) is 18.2 Å². The van der Waals surface area contributed by atoms with E-state index in [4.69, 9.17) is 4.74 Å². The second-order valence-corrected chi connectivity index (χ2v) is 5.97. The van der Waals surface area contributed by atoms with Gasteiger partial charge < -0.3 is 19.5 Å². The molecule has 8 nitrogen and oxygen atoms in total. The quantitative estimate of drug-likeness (QED) is 0.766. The Labute approximate surface area is 151 Å². The van der Waals surface area contributed by atoms with Crippen LogP contribution in [0, 0.1) is 11.3 Å². The molecule has 0 saturated heterocycles. The third-order valence-electron chi connectivity index (χ3n) is 4.17. The van der Waals surface area contributed by atoms with Gasteiger partial charge in [-0.15, -0.1) is 0 Å². The average molecular weight is 360 g/mol. The van der Waals surface area contributed by atoms with Crippen LogP contribution in [0.4, 0.5) is 0 Å². The Hall–Kier alpha value is -3.08. The molecular weight excluding hydrogens is 340 g/mol. The average Bonchev–Trinajstić information content (AvgIpc) is 3.13. The Morgan fingerprint density at radius 1 is 1.08 bits per heavy atom. The molecule has 1 aromatic rings. The van der Waals surface area contributed by atoms with Crippen molar-refractivity contribution in [2.45, 2.75) is 31.2 Å². The predicted molar refractivity (Wildman–Crippen MR) is 89.6 cm³/mol. The zero-order valence-corrected chi connectivity index (χ0v) is 14.7. The first kappa shape index (κ1) is 19.2. The number of nitrogens with zero attached hydrogens (tertiary/aromatic N) is 1. The second-order valence-electron chi connectivity index (χ2n) is 5.97. The van der Waals surface area contributed by atoms with Gasteiger partial charge in [0.05, 0.1) is 31.4 Å². The number of carbonyl (C=O) groups is 3. The van der Waals surface area contributed by atoms with Crippen molar-refractivity contribution in [2.24, 2.45) is 0 Å². The summed E-state index contributed by atoms with van der Waals surface area (Å²) in [6.45, 7) is -0.353. The maximum atomic E-state index is 12.1. The van der Waals surface area contributed by atoms with Crippen LogP contribution in [0.5, 0.6) is 5.75 Å². The second kappa shape index (κ2) is 8.34. The highest BCUT2D eigenvalue weighted by Gasteiger charge is 2.35. The lowest BCUT2D eigenvalue weighted by atomic mass is 10.00. The third-order valence-corrected chi connectivity index (χ3v) is 4.17. The van der Waals surface area contributed by atoms with Crippen LogP contribution in [-0.2, 0) is 14.3 Å². The zero-order chi connectivity index (χ0) is 19.2. The molecule has 0 atom stereocenters. The van der Waals surface area contributed by atoms with Gasteiger partial charge in [0.2, 0.25) is 0 Å². The lowest BCUT2D eigenvalue weighted by Gasteiger charge is -2.22. The molecule has 0 spiro atoms. The maximum Gasteiger partial charge on any atom is 0.338 e. The minimum atomic E-state index is -0.842. The standard InChI is InChI=1S/C18H20N2O6/c1-24-16(22)12-7-13(17(23)25-2)9-14(8-12)26-10-15(21)20-18(11-19)5-3-4-6-18/h7-9H,3-6,10H2,1-2H3,(H,20,21). The van der Waals surface area contributed by atoms with E-state index in [0.29, 0.717) is 12.8 Å². The monoisotopic (exact) mass is 360 g/mol. The summed E-state index contributed by atoms with van der Waals surface area (Å²) >= 11 is 0. The molecule has 2 rings (SSSR count). The van der Waals surface area contributed by atoms with Crippen LogP contribution in [0.1, 0.15) is 46.4 Å². The van der Waals surface area contributed by atoms with Crippen molar-refractivity contribution in [3.63, 3.8) is 0 Å². The van der Waals surface area contributed by atoms with Gasteiger partial charge >= 0.3 is 11.9 Å². The van der Waals surface area contributed by atoms with Gasteiger partial charge in [0.15, 0.2) is 6.61 Å². The van der Waals surface area contributed by atoms with E-state index in [1.165, 1.54) is 32.4 Å². The summed E-state index contributed by atoms with van der Waals surface area (Å²) in [5, 5.41) is 12.0. The zero-order valence-electron chi connectivity index (χ0n) is 14.7. The van der Waals surface area contributed by atoms with Crippen molar-refractivity contribution >= 4 is 17.8 Å². The Bertz CT molecular complexity index is 712. The molecular formula is C18H20N2O6. The molecule has 0 aliphatic heterocycles. The fourth-order valence-electron chi connectivity index (χ4n) is 2.85. The van der Waals surface area contributed by atoms with E-state index in [9.17, 15) is 19.6 Å². The summed E-state index contributed by atoms with van der Waals surface area (Å²) in [6.07, 6.45) is 3.00. The van der Waals surface area contributed by atoms with Gasteiger partial charge in [-0.05, 0) is 43.9 Å². The summed E-state index contributed by atoms with van der Waals surface area (Å²) in [5.74, 6) is -1.61. The largest absolute Gasteiger partial charge is 0.484 e. The summed E-state index contributed by atoms with van der Waals surface area (Å²) in [5.41, 5.74) is -0.656. The maximum absolute atomic E-state index is 12.1. The summed E-state index contributed by atoms with van der Waals surface area (Å²) in [7, 11) is 2.42. The van der Waals surface area contributed by atoms with Crippen LogP contribution >= 0.6 is 0 Å². The van der Waals surface area contributed by atoms with Crippen molar-refractivity contribution in [3.05, 3.63) is 29.3 Å². The Kier molecular flexibility index (Phi) is 6.17. The Morgan fingerprint density at radius 3 is 2.08 bits per heavy atom. The normalized spacial score (nSPS) is 14.8. The number of amides is 1. The molecule has 1 saturated carbocycles. The van der Waals surface area contributed by atoms with Gasteiger partial charge in [-0.3, -0.25) is 4.79 Å². The van der Waals surface area contributed by atoms with E-state index in [2.05, 4.69) is 20.9 Å². The molecule has 0 radical (unpaired) electrons. The van der Waals surface area contributed by atoms with Gasteiger partial charge in [0, 0.05) is 0 Å². The van der Waals surface area contributed by atoms with Crippen molar-refractivity contribution in [2.75, 3.05) is 20.8 Å². The number of rotatable bonds is 6. The number of hydrogen-bond donors (Lipinski definition) is 1. The predicted octanol–water partition coefficient (Wildman–Crippen LogP) is 1.59. The molecule has 138 valence electrons. The number of methoxy groups -OCH3 is 2. The number of nitriles is 1. The van der Waals surface area contributed by atoms with E-state index in [1.807, 2.05) is 0 Å². The van der Waals surface area contributed by atoms with Crippen molar-refractivity contribution in [3.8, 4) is 11.8 Å². The number of hydrogen-bond acceptors (Lipinski definition) is 7. The molecule has 26 heavy (non-hydrogen) atoms. The molecule has 0 aromatic heterocycles. The lowest BCUT2D eigenvalue weighted by Crippen LogP contribution is -2.47. The Balaban J connectivity index is 2.10. The van der Waals surface area contributed by atoms with E-state index >= 15 is 0 Å². The lowest BCUT2D eigenvalue weighted by molar-refractivity contribution is -0.124. The van der Waals surface area contributed by atoms with Gasteiger partial charge in [0.25, 0.3) is 5.91 Å². The van der Waals surface area contributed by atoms with Crippen LogP contribution in [0.25, 0.3) is 0 Å². The minimum Gasteiger partial charge on any atom is -0.484 e. The van der Waals surface area contributed by atoms with Gasteiger partial charge in [-0.1, -0.05) is 0 Å². The highest BCUT2D eigenvalue weighted by atomic mass is 16.5. The molecule has 1 fully saturated rings. The van der Waals surface area contributed by atoms with Crippen LogP contribution in [0.2, 0.25) is 0 Å². The molecule has 0 heterocycles. The first-order chi connectivity index (χ1) is 12.4. The SMILES string of the molecule is COC(=O)c1cc(OCC(=O)NC2(C#N)CCCC2)cc(C(=O)OC)c1. The molecule has 0 bridgehead atoms. The van der Waals surface area contributed by atoms with E-state index in [0.717, 1.165) is 12.8 Å². The molecule has 1 aromatic carbocycles. The van der Waals surface area contributed by atoms with Crippen LogP contribution in [-0.4, -0.2) is 44.2 Å². The van der Waals surface area contributed by atoms with Crippen molar-refractivity contribution in [1.29, 1.82) is 5.26 Å². The van der Waals surface area contributed by atoms with Gasteiger partial charge in [-0.2, -0.15) is 5.26 Å². The fraction of sp³-hybridized carbons (Fsp3) is 0.444. The number of benzene rings is 1. The number of esters is 2. The third kappa shape index (κ3) is 4.51. The Morgan fingerprint density at radius 2 is 1.62 bits per heavy atom. The first-order valence-corrected chi connectivity index (χ1v) is 8.10. The molecule has 1 N–H and O–H groups in total. The highest BCUT2D eigenvalue weighted by Crippen LogP contribution is 2.28. The topological polar surface area (TPSA) is 115 Å². The fourth-order valence-corrected chi connectivity index (χ4v) is 2.85. The van der Waals surface area contributed by atoms with Crippen molar-refractivity contribution < 1.29 is 28.6 Å². The molecule has 0 unspecified atom stereocenters. The van der Waals surface area contributed by atoms with E-state index in [1.54, 1.807) is 0 Å². The van der Waals surface area contributed by atoms with E-state index < -0.39 is 23.4 Å². The molecule has 1 aliphatic carbocycles. The molecule has 8 heteroatoms. The minimum absolute atomic E-state index is 0.0927. The summed E-state index contributed by atoms with van der Waals surface area (Å²) in [4.78, 5) is 35.6. The molecule has 1 aliphatic rings. The van der Waals surface area contributed by atoms with Crippen molar-refractivity contribution in [1.82, 2.24) is 5.32 Å². The smallest absolute Gasteiger partial charge is 0.338 e. The first-order valence-electron chi connectivity index (χ1n) is 8.10.